The van der Waals surface area contributed by atoms with Gasteiger partial charge in [-0.25, -0.2) is 0 Å². The molecule has 124 valence electrons. The second-order valence-corrected chi connectivity index (χ2v) is 6.54. The van der Waals surface area contributed by atoms with Crippen molar-refractivity contribution in [2.75, 3.05) is 13.1 Å². The number of hydrogen-bond acceptors (Lipinski definition) is 5. The summed E-state index contributed by atoms with van der Waals surface area (Å²) in [5.74, 6) is -0.121. The standard InChI is InChI=1S/C16H22N4O3/c1-4-20-14(12-7-10(2)23-11(3)13(12)18-20)15(21)19-8-16(22,9-19)5-6-17/h10-11,22H,4-5,7-9H2,1-3H3/t10-,11+/m0/s1. The molecule has 7 nitrogen and oxygen atoms in total. The van der Waals surface area contributed by atoms with E-state index in [0.29, 0.717) is 18.7 Å². The Morgan fingerprint density at radius 2 is 2.22 bits per heavy atom. The van der Waals surface area contributed by atoms with Crippen LogP contribution >= 0.6 is 0 Å². The third-order valence-corrected chi connectivity index (χ3v) is 4.56. The van der Waals surface area contributed by atoms with Gasteiger partial charge >= 0.3 is 0 Å². The van der Waals surface area contributed by atoms with Crippen molar-refractivity contribution >= 4 is 5.91 Å². The summed E-state index contributed by atoms with van der Waals surface area (Å²) >= 11 is 0. The highest BCUT2D eigenvalue weighted by Gasteiger charge is 2.45. The summed E-state index contributed by atoms with van der Waals surface area (Å²) in [5.41, 5.74) is 1.33. The third kappa shape index (κ3) is 2.62. The second kappa shape index (κ2) is 5.62. The third-order valence-electron chi connectivity index (χ3n) is 4.56. The average Bonchev–Trinajstić information content (AvgIpc) is 2.82. The number of aryl methyl sites for hydroxylation is 1. The van der Waals surface area contributed by atoms with Crippen LogP contribution in [-0.2, 0) is 17.7 Å². The Bertz CT molecular complexity index is 670. The summed E-state index contributed by atoms with van der Waals surface area (Å²) in [6, 6.07) is 1.97. The van der Waals surface area contributed by atoms with Crippen LogP contribution in [0.15, 0.2) is 0 Å². The number of aromatic nitrogens is 2. The molecule has 1 aromatic heterocycles. The van der Waals surface area contributed by atoms with E-state index in [4.69, 9.17) is 10.00 Å². The molecule has 0 bridgehead atoms. The molecule has 0 saturated carbocycles. The van der Waals surface area contributed by atoms with Gasteiger partial charge in [0.25, 0.3) is 5.91 Å². The molecule has 0 aromatic carbocycles. The lowest BCUT2D eigenvalue weighted by molar-refractivity contribution is -0.0774. The maximum Gasteiger partial charge on any atom is 0.272 e. The number of hydrogen-bond donors (Lipinski definition) is 1. The number of rotatable bonds is 3. The number of β-amino-alcohol motifs (C(OH)–C–C–N with tert-alkyl or cyclic N) is 1. The SMILES string of the molecule is CCn1nc2c(c1C(=O)N1CC(O)(CC#N)C1)C[C@H](C)O[C@@H]2C. The minimum atomic E-state index is -1.06. The van der Waals surface area contributed by atoms with Gasteiger partial charge in [0, 0.05) is 18.5 Å². The number of nitriles is 1. The quantitative estimate of drug-likeness (QED) is 0.898. The number of fused-ring (bicyclic) bond motifs is 1. The number of carbonyl (C=O) groups is 1. The molecule has 2 aliphatic heterocycles. The van der Waals surface area contributed by atoms with Crippen molar-refractivity contribution in [1.82, 2.24) is 14.7 Å². The molecular weight excluding hydrogens is 296 g/mol. The molecule has 2 atom stereocenters. The topological polar surface area (TPSA) is 91.4 Å². The minimum absolute atomic E-state index is 0.0455. The fraction of sp³-hybridized carbons (Fsp3) is 0.688. The highest BCUT2D eigenvalue weighted by atomic mass is 16.5. The molecule has 1 fully saturated rings. The summed E-state index contributed by atoms with van der Waals surface area (Å²) in [6.07, 6.45) is 0.631. The highest BCUT2D eigenvalue weighted by Crippen LogP contribution is 2.33. The first-order valence-electron chi connectivity index (χ1n) is 8.02. The molecule has 1 saturated heterocycles. The predicted octanol–water partition coefficient (Wildman–Crippen LogP) is 1.03. The molecule has 1 N–H and O–H groups in total. The second-order valence-electron chi connectivity index (χ2n) is 6.54. The van der Waals surface area contributed by atoms with Gasteiger partial charge in [-0.15, -0.1) is 0 Å². The average molecular weight is 318 g/mol. The van der Waals surface area contributed by atoms with Crippen molar-refractivity contribution in [3.63, 3.8) is 0 Å². The van der Waals surface area contributed by atoms with Crippen molar-refractivity contribution in [1.29, 1.82) is 5.26 Å². The van der Waals surface area contributed by atoms with Gasteiger partial charge in [0.2, 0.25) is 0 Å². The smallest absolute Gasteiger partial charge is 0.272 e. The van der Waals surface area contributed by atoms with Gasteiger partial charge in [-0.2, -0.15) is 10.4 Å². The summed E-state index contributed by atoms with van der Waals surface area (Å²) in [7, 11) is 0. The van der Waals surface area contributed by atoms with Crippen LogP contribution in [0.4, 0.5) is 0 Å². The molecule has 0 spiro atoms. The fourth-order valence-corrected chi connectivity index (χ4v) is 3.48. The molecule has 2 aliphatic rings. The van der Waals surface area contributed by atoms with Crippen molar-refractivity contribution in [2.45, 2.75) is 58.0 Å². The van der Waals surface area contributed by atoms with Crippen molar-refractivity contribution in [3.8, 4) is 6.07 Å². The largest absolute Gasteiger partial charge is 0.385 e. The van der Waals surface area contributed by atoms with Crippen LogP contribution in [0.3, 0.4) is 0 Å². The molecule has 0 aliphatic carbocycles. The number of carbonyl (C=O) groups excluding carboxylic acids is 1. The summed E-state index contributed by atoms with van der Waals surface area (Å²) in [4.78, 5) is 14.5. The van der Waals surface area contributed by atoms with Gasteiger partial charge in [-0.1, -0.05) is 0 Å². The van der Waals surface area contributed by atoms with Crippen molar-refractivity contribution < 1.29 is 14.6 Å². The Labute approximate surface area is 135 Å². The Hall–Kier alpha value is -1.91. The number of likely N-dealkylation sites (tertiary alicyclic amines) is 1. The Balaban J connectivity index is 1.89. The zero-order valence-corrected chi connectivity index (χ0v) is 13.7. The Kier molecular flexibility index (Phi) is 3.90. The van der Waals surface area contributed by atoms with E-state index >= 15 is 0 Å². The van der Waals surface area contributed by atoms with Crippen molar-refractivity contribution in [2.24, 2.45) is 0 Å². The fourth-order valence-electron chi connectivity index (χ4n) is 3.48. The van der Waals surface area contributed by atoms with E-state index in [1.54, 1.807) is 9.58 Å². The maximum absolute atomic E-state index is 12.9. The molecule has 1 aromatic rings. The molecular formula is C16H22N4O3. The highest BCUT2D eigenvalue weighted by molar-refractivity contribution is 5.95. The minimum Gasteiger partial charge on any atom is -0.385 e. The van der Waals surface area contributed by atoms with Gasteiger partial charge < -0.3 is 14.7 Å². The van der Waals surface area contributed by atoms with Crippen LogP contribution in [-0.4, -0.2) is 50.5 Å². The lowest BCUT2D eigenvalue weighted by Crippen LogP contribution is -2.63. The number of nitrogens with zero attached hydrogens (tertiary/aromatic N) is 4. The van der Waals surface area contributed by atoms with Gasteiger partial charge in [0.1, 0.15) is 11.3 Å². The first-order chi connectivity index (χ1) is 10.9. The first kappa shape index (κ1) is 16.0. The lowest BCUT2D eigenvalue weighted by Gasteiger charge is -2.45. The van der Waals surface area contributed by atoms with Gasteiger partial charge in [-0.3, -0.25) is 9.48 Å². The van der Waals surface area contributed by atoms with E-state index in [0.717, 1.165) is 11.3 Å². The summed E-state index contributed by atoms with van der Waals surface area (Å²) in [5, 5.41) is 23.4. The molecule has 3 rings (SSSR count). The molecule has 0 unspecified atom stereocenters. The van der Waals surface area contributed by atoms with Crippen LogP contribution in [0, 0.1) is 11.3 Å². The molecule has 0 radical (unpaired) electrons. The van der Waals surface area contributed by atoms with Crippen LogP contribution in [0.25, 0.3) is 0 Å². The van der Waals surface area contributed by atoms with Crippen LogP contribution in [0.5, 0.6) is 0 Å². The molecule has 1 amide bonds. The van der Waals surface area contributed by atoms with E-state index in [-0.39, 0.29) is 37.6 Å². The van der Waals surface area contributed by atoms with Gasteiger partial charge in [-0.05, 0) is 20.8 Å². The van der Waals surface area contributed by atoms with Crippen LogP contribution < -0.4 is 0 Å². The zero-order chi connectivity index (χ0) is 16.8. The van der Waals surface area contributed by atoms with Crippen molar-refractivity contribution in [3.05, 3.63) is 17.0 Å². The summed E-state index contributed by atoms with van der Waals surface area (Å²) in [6.45, 7) is 6.89. The molecule has 7 heteroatoms. The van der Waals surface area contributed by atoms with E-state index in [1.807, 2.05) is 26.8 Å². The van der Waals surface area contributed by atoms with E-state index in [9.17, 15) is 9.90 Å². The summed E-state index contributed by atoms with van der Waals surface area (Å²) < 4.78 is 7.52. The van der Waals surface area contributed by atoms with E-state index in [2.05, 4.69) is 5.10 Å². The Morgan fingerprint density at radius 3 is 2.83 bits per heavy atom. The van der Waals surface area contributed by atoms with E-state index in [1.165, 1.54) is 0 Å². The van der Waals surface area contributed by atoms with Crippen LogP contribution in [0.2, 0.25) is 0 Å². The molecule has 3 heterocycles. The van der Waals surface area contributed by atoms with Gasteiger partial charge in [0.15, 0.2) is 0 Å². The predicted molar refractivity (Wildman–Crippen MR) is 81.7 cm³/mol. The lowest BCUT2D eigenvalue weighted by atomic mass is 9.90. The number of aliphatic hydroxyl groups is 1. The maximum atomic E-state index is 12.9. The number of ether oxygens (including phenoxy) is 1. The van der Waals surface area contributed by atoms with Crippen LogP contribution in [0.1, 0.15) is 55.0 Å². The number of amides is 1. The normalized spacial score (nSPS) is 25.4. The zero-order valence-electron chi connectivity index (χ0n) is 13.7. The Morgan fingerprint density at radius 1 is 1.52 bits per heavy atom. The monoisotopic (exact) mass is 318 g/mol. The van der Waals surface area contributed by atoms with E-state index < -0.39 is 5.60 Å². The first-order valence-corrected chi connectivity index (χ1v) is 8.02. The van der Waals surface area contributed by atoms with Gasteiger partial charge in [0.05, 0.1) is 43.5 Å². The molecule has 23 heavy (non-hydrogen) atoms.